The summed E-state index contributed by atoms with van der Waals surface area (Å²) >= 11 is 0. The van der Waals surface area contributed by atoms with Gasteiger partial charge in [-0.05, 0) is 18.2 Å². The topological polar surface area (TPSA) is 56.2 Å². The normalized spacial score (nSPS) is 11.5. The minimum atomic E-state index is 0.279. The summed E-state index contributed by atoms with van der Waals surface area (Å²) in [7, 11) is 0. The number of rotatable bonds is 2. The van der Waals surface area contributed by atoms with Gasteiger partial charge in [0.25, 0.3) is 5.78 Å². The number of fused-ring (bicyclic) bond motifs is 1. The quantitative estimate of drug-likeness (QED) is 0.676. The zero-order chi connectivity index (χ0) is 11.8. The SMILES string of the molecule is CC(C)c1nc2nccc(-c3ccco3)n2n1. The fraction of sp³-hybridized carbons (Fsp3) is 0.250. The van der Waals surface area contributed by atoms with Crippen molar-refractivity contribution in [2.24, 2.45) is 0 Å². The molecule has 0 aliphatic rings. The second kappa shape index (κ2) is 3.69. The second-order valence-electron chi connectivity index (χ2n) is 4.14. The predicted octanol–water partition coefficient (Wildman–Crippen LogP) is 2.51. The monoisotopic (exact) mass is 228 g/mol. The Bertz CT molecular complexity index is 640. The van der Waals surface area contributed by atoms with Crippen LogP contribution in [0.4, 0.5) is 0 Å². The molecule has 0 N–H and O–H groups in total. The van der Waals surface area contributed by atoms with Gasteiger partial charge in [0.15, 0.2) is 11.6 Å². The predicted molar refractivity (Wildman–Crippen MR) is 62.6 cm³/mol. The first kappa shape index (κ1) is 10.0. The molecule has 0 aliphatic carbocycles. The zero-order valence-electron chi connectivity index (χ0n) is 9.66. The number of aromatic nitrogens is 4. The van der Waals surface area contributed by atoms with E-state index in [0.29, 0.717) is 5.78 Å². The lowest BCUT2D eigenvalue weighted by atomic mass is 10.2. The Morgan fingerprint density at radius 2 is 2.18 bits per heavy atom. The zero-order valence-corrected chi connectivity index (χ0v) is 9.66. The van der Waals surface area contributed by atoms with Crippen molar-refractivity contribution in [3.05, 3.63) is 36.5 Å². The minimum Gasteiger partial charge on any atom is -0.463 e. The van der Waals surface area contributed by atoms with E-state index in [-0.39, 0.29) is 5.92 Å². The summed E-state index contributed by atoms with van der Waals surface area (Å²) in [6, 6.07) is 5.61. The lowest BCUT2D eigenvalue weighted by Crippen LogP contribution is -1.96. The van der Waals surface area contributed by atoms with E-state index in [1.165, 1.54) is 0 Å². The van der Waals surface area contributed by atoms with Crippen LogP contribution in [0.5, 0.6) is 0 Å². The van der Waals surface area contributed by atoms with Crippen molar-refractivity contribution in [1.29, 1.82) is 0 Å². The highest BCUT2D eigenvalue weighted by atomic mass is 16.3. The van der Waals surface area contributed by atoms with Crippen LogP contribution in [0.2, 0.25) is 0 Å². The van der Waals surface area contributed by atoms with Crippen LogP contribution in [0.1, 0.15) is 25.6 Å². The molecule has 0 fully saturated rings. The lowest BCUT2D eigenvalue weighted by molar-refractivity contribution is 0.577. The first-order chi connectivity index (χ1) is 8.25. The summed E-state index contributed by atoms with van der Waals surface area (Å²) in [4.78, 5) is 8.58. The summed E-state index contributed by atoms with van der Waals surface area (Å²) in [5, 5.41) is 4.45. The summed E-state index contributed by atoms with van der Waals surface area (Å²) in [5.74, 6) is 2.43. The van der Waals surface area contributed by atoms with Crippen LogP contribution < -0.4 is 0 Å². The molecule has 5 heteroatoms. The molecule has 3 aromatic heterocycles. The van der Waals surface area contributed by atoms with Crippen molar-refractivity contribution < 1.29 is 4.42 Å². The molecule has 3 rings (SSSR count). The van der Waals surface area contributed by atoms with Gasteiger partial charge < -0.3 is 4.42 Å². The van der Waals surface area contributed by atoms with Crippen LogP contribution in [0.3, 0.4) is 0 Å². The van der Waals surface area contributed by atoms with E-state index < -0.39 is 0 Å². The Morgan fingerprint density at radius 3 is 2.88 bits per heavy atom. The lowest BCUT2D eigenvalue weighted by Gasteiger charge is -1.98. The van der Waals surface area contributed by atoms with Crippen LogP contribution in [0.25, 0.3) is 17.2 Å². The molecular weight excluding hydrogens is 216 g/mol. The minimum absolute atomic E-state index is 0.279. The van der Waals surface area contributed by atoms with E-state index in [9.17, 15) is 0 Å². The van der Waals surface area contributed by atoms with Crippen molar-refractivity contribution in [2.75, 3.05) is 0 Å². The fourth-order valence-corrected chi connectivity index (χ4v) is 1.67. The highest BCUT2D eigenvalue weighted by Crippen LogP contribution is 2.20. The maximum atomic E-state index is 5.38. The van der Waals surface area contributed by atoms with Gasteiger partial charge in [-0.2, -0.15) is 9.50 Å². The van der Waals surface area contributed by atoms with Crippen molar-refractivity contribution in [3.63, 3.8) is 0 Å². The largest absolute Gasteiger partial charge is 0.463 e. The smallest absolute Gasteiger partial charge is 0.253 e. The van der Waals surface area contributed by atoms with Gasteiger partial charge in [-0.25, -0.2) is 4.98 Å². The molecular formula is C12H12N4O. The molecule has 3 heterocycles. The average Bonchev–Trinajstić information content (AvgIpc) is 2.97. The summed E-state index contributed by atoms with van der Waals surface area (Å²) < 4.78 is 7.10. The highest BCUT2D eigenvalue weighted by molar-refractivity contribution is 5.54. The van der Waals surface area contributed by atoms with E-state index in [1.54, 1.807) is 17.0 Å². The van der Waals surface area contributed by atoms with E-state index in [4.69, 9.17) is 4.42 Å². The van der Waals surface area contributed by atoms with Crippen molar-refractivity contribution in [1.82, 2.24) is 19.6 Å². The maximum absolute atomic E-state index is 5.38. The highest BCUT2D eigenvalue weighted by Gasteiger charge is 2.12. The number of hydrogen-bond acceptors (Lipinski definition) is 4. The molecule has 0 saturated carbocycles. The van der Waals surface area contributed by atoms with Gasteiger partial charge in [0.1, 0.15) is 5.69 Å². The van der Waals surface area contributed by atoms with Gasteiger partial charge >= 0.3 is 0 Å². The molecule has 0 saturated heterocycles. The van der Waals surface area contributed by atoms with Crippen molar-refractivity contribution in [2.45, 2.75) is 19.8 Å². The van der Waals surface area contributed by atoms with Crippen LogP contribution in [0.15, 0.2) is 35.1 Å². The fourth-order valence-electron chi connectivity index (χ4n) is 1.67. The molecule has 17 heavy (non-hydrogen) atoms. The van der Waals surface area contributed by atoms with Crippen LogP contribution in [-0.4, -0.2) is 19.6 Å². The van der Waals surface area contributed by atoms with Crippen molar-refractivity contribution >= 4 is 5.78 Å². The molecule has 86 valence electrons. The molecule has 5 nitrogen and oxygen atoms in total. The van der Waals surface area contributed by atoms with Gasteiger partial charge in [0.05, 0.1) is 6.26 Å². The summed E-state index contributed by atoms with van der Waals surface area (Å²) in [5.41, 5.74) is 0.861. The van der Waals surface area contributed by atoms with E-state index in [0.717, 1.165) is 17.3 Å². The third-order valence-corrected chi connectivity index (χ3v) is 2.55. The third kappa shape index (κ3) is 1.60. The van der Waals surface area contributed by atoms with Crippen LogP contribution >= 0.6 is 0 Å². The first-order valence-electron chi connectivity index (χ1n) is 5.51. The van der Waals surface area contributed by atoms with Crippen LogP contribution in [-0.2, 0) is 0 Å². The Morgan fingerprint density at radius 1 is 1.29 bits per heavy atom. The van der Waals surface area contributed by atoms with Gasteiger partial charge in [-0.15, -0.1) is 5.10 Å². The molecule has 0 spiro atoms. The van der Waals surface area contributed by atoms with Crippen molar-refractivity contribution in [3.8, 4) is 11.5 Å². The van der Waals surface area contributed by atoms with E-state index >= 15 is 0 Å². The Balaban J connectivity index is 2.25. The van der Waals surface area contributed by atoms with Gasteiger partial charge in [0.2, 0.25) is 0 Å². The van der Waals surface area contributed by atoms with Crippen LogP contribution in [0, 0.1) is 0 Å². The Labute approximate surface area is 98.1 Å². The van der Waals surface area contributed by atoms with Gasteiger partial charge in [0, 0.05) is 12.1 Å². The molecule has 0 amide bonds. The summed E-state index contributed by atoms with van der Waals surface area (Å²) in [6.45, 7) is 4.11. The second-order valence-corrected chi connectivity index (χ2v) is 4.14. The molecule has 0 aliphatic heterocycles. The number of furan rings is 1. The molecule has 3 aromatic rings. The standard InChI is InChI=1S/C12H12N4O/c1-8(2)11-14-12-13-6-5-9(16(12)15-11)10-4-3-7-17-10/h3-8H,1-2H3. The maximum Gasteiger partial charge on any atom is 0.253 e. The Kier molecular flexibility index (Phi) is 2.18. The third-order valence-electron chi connectivity index (χ3n) is 2.55. The molecule has 0 radical (unpaired) electrons. The van der Waals surface area contributed by atoms with Gasteiger partial charge in [-0.3, -0.25) is 0 Å². The Hall–Kier alpha value is -2.17. The van der Waals surface area contributed by atoms with Gasteiger partial charge in [-0.1, -0.05) is 13.8 Å². The average molecular weight is 228 g/mol. The number of hydrogen-bond donors (Lipinski definition) is 0. The van der Waals surface area contributed by atoms with E-state index in [2.05, 4.69) is 28.9 Å². The molecule has 0 atom stereocenters. The first-order valence-corrected chi connectivity index (χ1v) is 5.51. The number of nitrogens with zero attached hydrogens (tertiary/aromatic N) is 4. The molecule has 0 aromatic carbocycles. The van der Waals surface area contributed by atoms with E-state index in [1.807, 2.05) is 18.2 Å². The molecule has 0 bridgehead atoms. The summed E-state index contributed by atoms with van der Waals surface area (Å²) in [6.07, 6.45) is 3.36. The molecule has 0 unspecified atom stereocenters.